The zero-order valence-electron chi connectivity index (χ0n) is 19.4. The number of anilines is 1. The first-order valence-electron chi connectivity index (χ1n) is 11.3. The molecule has 0 saturated carbocycles. The largest absolute Gasteiger partial charge is 0.340 e. The van der Waals surface area contributed by atoms with Gasteiger partial charge in [0.25, 0.3) is 5.91 Å². The Kier molecular flexibility index (Phi) is 6.14. The molecule has 5 nitrogen and oxygen atoms in total. The lowest BCUT2D eigenvalue weighted by Crippen LogP contribution is -2.13. The second kappa shape index (κ2) is 9.39. The number of nitrogens with zero attached hydrogens (tertiary/aromatic N) is 3. The third-order valence-corrected chi connectivity index (χ3v) is 6.57. The standard InChI is InChI=1S/C28H24ClFN4O/c1-18-19(2)34(16-20-6-4-3-5-7-20)26-13-10-22(14-24(18)26)28(35)31-27-25(29)17-33(32-27)15-21-8-11-23(30)12-9-21/h3-14,17H,15-16H2,1-2H3,(H,31,32,35). The number of benzene rings is 3. The summed E-state index contributed by atoms with van der Waals surface area (Å²) < 4.78 is 17.0. The molecule has 0 aliphatic rings. The van der Waals surface area contributed by atoms with Gasteiger partial charge in [0.2, 0.25) is 0 Å². The van der Waals surface area contributed by atoms with Crippen LogP contribution in [0.15, 0.2) is 79.0 Å². The quantitative estimate of drug-likeness (QED) is 0.294. The third-order valence-electron chi connectivity index (χ3n) is 6.29. The highest BCUT2D eigenvalue weighted by Gasteiger charge is 2.16. The van der Waals surface area contributed by atoms with E-state index < -0.39 is 0 Å². The van der Waals surface area contributed by atoms with E-state index >= 15 is 0 Å². The van der Waals surface area contributed by atoms with Gasteiger partial charge in [0.15, 0.2) is 5.82 Å². The molecule has 176 valence electrons. The number of carbonyl (C=O) groups is 1. The van der Waals surface area contributed by atoms with Gasteiger partial charge in [-0.1, -0.05) is 54.1 Å². The molecule has 0 aliphatic heterocycles. The molecule has 0 fully saturated rings. The zero-order valence-corrected chi connectivity index (χ0v) is 20.2. The van der Waals surface area contributed by atoms with Crippen molar-refractivity contribution in [3.05, 3.63) is 118 Å². The van der Waals surface area contributed by atoms with E-state index in [1.165, 1.54) is 23.4 Å². The van der Waals surface area contributed by atoms with Crippen LogP contribution in [0.3, 0.4) is 0 Å². The highest BCUT2D eigenvalue weighted by Crippen LogP contribution is 2.28. The van der Waals surface area contributed by atoms with Gasteiger partial charge in [-0.25, -0.2) is 4.39 Å². The maximum atomic E-state index is 13.1. The summed E-state index contributed by atoms with van der Waals surface area (Å²) in [6, 6.07) is 22.2. The number of nitrogens with one attached hydrogen (secondary N) is 1. The SMILES string of the molecule is Cc1c(C)n(Cc2ccccc2)c2ccc(C(=O)Nc3nn(Cc4ccc(F)cc4)cc3Cl)cc12. The molecule has 0 saturated heterocycles. The van der Waals surface area contributed by atoms with E-state index in [0.717, 1.165) is 28.6 Å². The fourth-order valence-electron chi connectivity index (χ4n) is 4.28. The lowest BCUT2D eigenvalue weighted by atomic mass is 10.1. The van der Waals surface area contributed by atoms with Crippen LogP contribution >= 0.6 is 11.6 Å². The van der Waals surface area contributed by atoms with Gasteiger partial charge in [0.05, 0.1) is 6.54 Å². The van der Waals surface area contributed by atoms with E-state index in [1.807, 2.05) is 36.4 Å². The number of fused-ring (bicyclic) bond motifs is 1. The Morgan fingerprint density at radius 1 is 0.971 bits per heavy atom. The average molecular weight is 487 g/mol. The van der Waals surface area contributed by atoms with Crippen molar-refractivity contribution in [1.82, 2.24) is 14.3 Å². The topological polar surface area (TPSA) is 51.9 Å². The zero-order chi connectivity index (χ0) is 24.5. The van der Waals surface area contributed by atoms with Crippen LogP contribution in [0.2, 0.25) is 5.02 Å². The van der Waals surface area contributed by atoms with Crippen LogP contribution in [0.25, 0.3) is 10.9 Å². The van der Waals surface area contributed by atoms with Crippen molar-refractivity contribution >= 4 is 34.2 Å². The van der Waals surface area contributed by atoms with E-state index in [4.69, 9.17) is 11.6 Å². The number of amides is 1. The van der Waals surface area contributed by atoms with Gasteiger partial charge in [-0.2, -0.15) is 5.10 Å². The van der Waals surface area contributed by atoms with Gasteiger partial charge in [0, 0.05) is 34.9 Å². The summed E-state index contributed by atoms with van der Waals surface area (Å²) in [7, 11) is 0. The minimum absolute atomic E-state index is 0.284. The molecule has 2 aromatic heterocycles. The van der Waals surface area contributed by atoms with Crippen molar-refractivity contribution in [2.75, 3.05) is 5.32 Å². The molecule has 5 aromatic rings. The van der Waals surface area contributed by atoms with E-state index in [-0.39, 0.29) is 17.5 Å². The predicted molar refractivity (Wildman–Crippen MR) is 138 cm³/mol. The second-order valence-corrected chi connectivity index (χ2v) is 9.03. The molecule has 1 N–H and O–H groups in total. The number of aryl methyl sites for hydroxylation is 1. The number of carbonyl (C=O) groups excluding carboxylic acids is 1. The number of aromatic nitrogens is 3. The van der Waals surface area contributed by atoms with Gasteiger partial charge in [-0.15, -0.1) is 0 Å². The smallest absolute Gasteiger partial charge is 0.256 e. The molecule has 0 atom stereocenters. The van der Waals surface area contributed by atoms with E-state index in [2.05, 4.69) is 41.0 Å². The molecular weight excluding hydrogens is 463 g/mol. The van der Waals surface area contributed by atoms with Crippen LogP contribution in [0.1, 0.15) is 32.7 Å². The Morgan fingerprint density at radius 2 is 1.69 bits per heavy atom. The lowest BCUT2D eigenvalue weighted by molar-refractivity contribution is 0.102. The fourth-order valence-corrected chi connectivity index (χ4v) is 4.48. The average Bonchev–Trinajstić information content (AvgIpc) is 3.32. The van der Waals surface area contributed by atoms with Crippen molar-refractivity contribution in [2.45, 2.75) is 26.9 Å². The van der Waals surface area contributed by atoms with Crippen molar-refractivity contribution in [1.29, 1.82) is 0 Å². The predicted octanol–water partition coefficient (Wildman–Crippen LogP) is 6.60. The van der Waals surface area contributed by atoms with Gasteiger partial charge in [0.1, 0.15) is 10.8 Å². The summed E-state index contributed by atoms with van der Waals surface area (Å²) in [6.45, 7) is 5.36. The lowest BCUT2D eigenvalue weighted by Gasteiger charge is -2.09. The molecule has 0 unspecified atom stereocenters. The van der Waals surface area contributed by atoms with Crippen molar-refractivity contribution < 1.29 is 9.18 Å². The Bertz CT molecular complexity index is 1520. The van der Waals surface area contributed by atoms with Crippen molar-refractivity contribution in [2.24, 2.45) is 0 Å². The first-order valence-corrected chi connectivity index (χ1v) is 11.7. The molecule has 0 spiro atoms. The number of hydrogen-bond acceptors (Lipinski definition) is 2. The van der Waals surface area contributed by atoms with Gasteiger partial charge < -0.3 is 9.88 Å². The number of rotatable bonds is 6. The summed E-state index contributed by atoms with van der Waals surface area (Å²) >= 11 is 6.33. The second-order valence-electron chi connectivity index (χ2n) is 8.62. The van der Waals surface area contributed by atoms with Gasteiger partial charge >= 0.3 is 0 Å². The summed E-state index contributed by atoms with van der Waals surface area (Å²) in [5.74, 6) is -0.292. The van der Waals surface area contributed by atoms with Crippen molar-refractivity contribution in [3.63, 3.8) is 0 Å². The highest BCUT2D eigenvalue weighted by molar-refractivity contribution is 6.33. The summed E-state index contributed by atoms with van der Waals surface area (Å²) in [6.07, 6.45) is 1.64. The molecule has 0 aliphatic carbocycles. The fraction of sp³-hybridized carbons (Fsp3) is 0.143. The van der Waals surface area contributed by atoms with Crippen LogP contribution in [-0.4, -0.2) is 20.3 Å². The Hall–Kier alpha value is -3.90. The number of hydrogen-bond donors (Lipinski definition) is 1. The molecule has 1 amide bonds. The summed E-state index contributed by atoms with van der Waals surface area (Å²) in [5.41, 5.74) is 6.03. The third kappa shape index (κ3) is 4.70. The van der Waals surface area contributed by atoms with Gasteiger partial charge in [-0.05, 0) is 60.9 Å². The maximum absolute atomic E-state index is 13.1. The van der Waals surface area contributed by atoms with E-state index in [9.17, 15) is 9.18 Å². The minimum atomic E-state index is -0.294. The Labute approximate surface area is 207 Å². The monoisotopic (exact) mass is 486 g/mol. The molecule has 3 aromatic carbocycles. The Morgan fingerprint density at radius 3 is 2.43 bits per heavy atom. The van der Waals surface area contributed by atoms with Crippen LogP contribution in [0, 0.1) is 19.7 Å². The molecule has 7 heteroatoms. The molecule has 5 rings (SSSR count). The number of halogens is 2. The molecule has 0 radical (unpaired) electrons. The van der Waals surface area contributed by atoms with Gasteiger partial charge in [-0.3, -0.25) is 9.48 Å². The first-order chi connectivity index (χ1) is 16.9. The Balaban J connectivity index is 1.37. The van der Waals surface area contributed by atoms with Crippen LogP contribution in [0.5, 0.6) is 0 Å². The molecular formula is C28H24ClFN4O. The van der Waals surface area contributed by atoms with E-state index in [0.29, 0.717) is 17.1 Å². The highest BCUT2D eigenvalue weighted by atomic mass is 35.5. The molecule has 2 heterocycles. The van der Waals surface area contributed by atoms with Crippen LogP contribution in [0.4, 0.5) is 10.2 Å². The normalized spacial score (nSPS) is 11.2. The maximum Gasteiger partial charge on any atom is 0.256 e. The van der Waals surface area contributed by atoms with Crippen LogP contribution in [-0.2, 0) is 13.1 Å². The molecule has 35 heavy (non-hydrogen) atoms. The van der Waals surface area contributed by atoms with Crippen molar-refractivity contribution in [3.8, 4) is 0 Å². The summed E-state index contributed by atoms with van der Waals surface area (Å²) in [5, 5.41) is 8.59. The molecule has 0 bridgehead atoms. The summed E-state index contributed by atoms with van der Waals surface area (Å²) in [4.78, 5) is 13.0. The first kappa shape index (κ1) is 22.9. The van der Waals surface area contributed by atoms with E-state index in [1.54, 1.807) is 23.0 Å². The van der Waals surface area contributed by atoms with Crippen LogP contribution < -0.4 is 5.32 Å². The minimum Gasteiger partial charge on any atom is -0.340 e.